The number of esters is 4. The lowest BCUT2D eigenvalue weighted by Crippen LogP contribution is -2.82. The molecule has 63 heavy (non-hydrogen) atoms. The number of Topliss-reactive ketones (excluding diaryl/α,β-unsaturated/α-hetero) is 1. The highest BCUT2D eigenvalue weighted by molar-refractivity contribution is 5.97. The number of fused-ring (bicyclic) bond motifs is 5. The van der Waals surface area contributed by atoms with E-state index in [-0.39, 0.29) is 35.3 Å². The fourth-order valence-electron chi connectivity index (χ4n) is 10.1. The maximum Gasteiger partial charge on any atom is 0.338 e. The lowest BCUT2D eigenvalue weighted by Gasteiger charge is -2.67. The minimum absolute atomic E-state index is 0.00969. The maximum atomic E-state index is 15.5. The van der Waals surface area contributed by atoms with Gasteiger partial charge in [0.05, 0.1) is 35.6 Å². The van der Waals surface area contributed by atoms with Gasteiger partial charge in [0.2, 0.25) is 0 Å². The average Bonchev–Trinajstić information content (AvgIpc) is 3.24. The van der Waals surface area contributed by atoms with Crippen molar-refractivity contribution in [2.24, 2.45) is 16.7 Å². The van der Waals surface area contributed by atoms with Crippen molar-refractivity contribution < 1.29 is 67.8 Å². The molecule has 15 heteroatoms. The molecule has 3 aliphatic carbocycles. The predicted molar refractivity (Wildman–Crippen MR) is 225 cm³/mol. The minimum atomic E-state index is -2.40. The number of carbonyl (C=O) groups is 6. The van der Waals surface area contributed by atoms with Gasteiger partial charge in [-0.1, -0.05) is 87.2 Å². The summed E-state index contributed by atoms with van der Waals surface area (Å²) in [6, 6.07) is 14.7. The van der Waals surface area contributed by atoms with Gasteiger partial charge in [0.15, 0.2) is 23.6 Å². The van der Waals surface area contributed by atoms with E-state index in [1.54, 1.807) is 75.4 Å². The lowest BCUT2D eigenvalue weighted by molar-refractivity contribution is -0.346. The van der Waals surface area contributed by atoms with E-state index in [2.05, 4.69) is 11.9 Å². The molecule has 4 N–H and O–H groups in total. The number of aliphatic hydroxyl groups is 3. The summed E-state index contributed by atoms with van der Waals surface area (Å²) in [6.45, 7) is 13.2. The van der Waals surface area contributed by atoms with E-state index in [1.807, 2.05) is 0 Å². The maximum absolute atomic E-state index is 15.5. The summed E-state index contributed by atoms with van der Waals surface area (Å²) >= 11 is 0. The van der Waals surface area contributed by atoms with E-state index in [4.69, 9.17) is 23.7 Å². The van der Waals surface area contributed by atoms with Crippen LogP contribution in [0, 0.1) is 16.7 Å². The molecule has 4 aliphatic rings. The molecule has 1 saturated heterocycles. The van der Waals surface area contributed by atoms with Gasteiger partial charge in [-0.05, 0) is 55.7 Å². The second-order valence-corrected chi connectivity index (χ2v) is 17.3. The van der Waals surface area contributed by atoms with E-state index in [0.29, 0.717) is 5.56 Å². The van der Waals surface area contributed by atoms with E-state index >= 15 is 4.79 Å². The number of benzene rings is 2. The van der Waals surface area contributed by atoms with E-state index in [9.17, 15) is 39.3 Å². The average molecular weight is 870 g/mol. The second kappa shape index (κ2) is 17.8. The Bertz CT molecular complexity index is 2250. The number of ketones is 1. The number of allylic oxidation sites excluding steroid dienone is 3. The Kier molecular flexibility index (Phi) is 13.2. The first kappa shape index (κ1) is 46.8. The predicted octanol–water partition coefficient (Wildman–Crippen LogP) is 4.11. The molecule has 1 heterocycles. The molecular formula is C48H55NO14. The highest BCUT2D eigenvalue weighted by Crippen LogP contribution is 2.64. The molecule has 0 aromatic heterocycles. The molecule has 2 unspecified atom stereocenters. The Hall–Kier alpha value is -5.74. The fourth-order valence-corrected chi connectivity index (χ4v) is 10.1. The standard InChI is InChI=1S/C48H55NO14/c1-9-11-18-29(10-2)42(55)49-36(30-19-14-12-15-20-30)37(53)44(57)61-32-24-48(58)41(62-43(56)31-21-16-13-17-22-31)39-46(8,33(52)23-34-47(39,25-59-34)63-28(5)51)40(54)38(60-27(4)50)35(26(32)3)45(48,6)7/h9-22,32-34,36-39,41,52-53,58H,1,23-25H2,2-8H3,(H,49,55)/b18-11-,29-10+/t32-,33-,34+,36-,37+,38+,39?,41?,46+,47-,48+/m0/s1. The van der Waals surface area contributed by atoms with Crippen LogP contribution in [0.15, 0.2) is 108 Å². The molecule has 0 radical (unpaired) electrons. The van der Waals surface area contributed by atoms with E-state index in [0.717, 1.165) is 13.8 Å². The summed E-state index contributed by atoms with van der Waals surface area (Å²) in [6.07, 6.45) is -4.52. The molecule has 3 fully saturated rings. The normalized spacial score (nSPS) is 32.0. The van der Waals surface area contributed by atoms with Crippen molar-refractivity contribution in [1.82, 2.24) is 5.32 Å². The van der Waals surface area contributed by atoms with Crippen molar-refractivity contribution in [1.29, 1.82) is 0 Å². The summed E-state index contributed by atoms with van der Waals surface area (Å²) in [7, 11) is 0. The summed E-state index contributed by atoms with van der Waals surface area (Å²) in [4.78, 5) is 83.6. The molecule has 2 aromatic carbocycles. The van der Waals surface area contributed by atoms with Crippen molar-refractivity contribution in [3.63, 3.8) is 0 Å². The SMILES string of the molecule is C=C/C=C\C(=C/C)C(=O)N[C@@H](c1ccccc1)[C@@H](O)C(=O)O[C@H]1C[C@@]2(O)C(OC(=O)c3ccccc3)C3[C@](C)(C(=O)[C@H](OC(C)=O)C(=C1C)C2(C)C)[C@@H](O)C[C@H]1OC[C@@]31OC(C)=O. The quantitative estimate of drug-likeness (QED) is 0.0776. The first-order chi connectivity index (χ1) is 29.7. The molecule has 2 saturated carbocycles. The monoisotopic (exact) mass is 869 g/mol. The van der Waals surface area contributed by atoms with E-state index in [1.165, 1.54) is 44.2 Å². The van der Waals surface area contributed by atoms with Crippen molar-refractivity contribution in [3.05, 3.63) is 119 Å². The molecule has 1 aliphatic heterocycles. The number of aliphatic hydroxyl groups excluding tert-OH is 2. The van der Waals surface area contributed by atoms with Gasteiger partial charge in [-0.2, -0.15) is 0 Å². The Balaban J connectivity index is 1.53. The van der Waals surface area contributed by atoms with Crippen LogP contribution in [-0.2, 0) is 47.7 Å². The minimum Gasteiger partial charge on any atom is -0.456 e. The van der Waals surface area contributed by atoms with Crippen LogP contribution in [0.1, 0.15) is 83.3 Å². The first-order valence-electron chi connectivity index (χ1n) is 20.8. The Morgan fingerprint density at radius 3 is 2.14 bits per heavy atom. The van der Waals surface area contributed by atoms with Crippen molar-refractivity contribution in [3.8, 4) is 0 Å². The van der Waals surface area contributed by atoms with Gasteiger partial charge in [-0.15, -0.1) is 0 Å². The summed E-state index contributed by atoms with van der Waals surface area (Å²) in [5.41, 5.74) is -7.14. The third-order valence-corrected chi connectivity index (χ3v) is 13.4. The number of hydrogen-bond donors (Lipinski definition) is 4. The molecule has 15 nitrogen and oxygen atoms in total. The summed E-state index contributed by atoms with van der Waals surface area (Å²) in [5, 5.41) is 40.3. The zero-order chi connectivity index (χ0) is 46.2. The first-order valence-corrected chi connectivity index (χ1v) is 20.8. The molecular weight excluding hydrogens is 815 g/mol. The third-order valence-electron chi connectivity index (χ3n) is 13.4. The number of carbonyl (C=O) groups excluding carboxylic acids is 6. The van der Waals surface area contributed by atoms with Crippen LogP contribution in [0.3, 0.4) is 0 Å². The highest BCUT2D eigenvalue weighted by atomic mass is 16.6. The van der Waals surface area contributed by atoms with E-state index < -0.39 is 113 Å². The highest BCUT2D eigenvalue weighted by Gasteiger charge is 2.78. The van der Waals surface area contributed by atoms with Gasteiger partial charge in [-0.25, -0.2) is 9.59 Å². The van der Waals surface area contributed by atoms with Crippen LogP contribution in [0.2, 0.25) is 0 Å². The molecule has 2 aromatic rings. The van der Waals surface area contributed by atoms with Crippen LogP contribution in [-0.4, -0.2) is 105 Å². The Morgan fingerprint density at radius 2 is 1.59 bits per heavy atom. The molecule has 6 rings (SSSR count). The number of nitrogens with one attached hydrogen (secondary N) is 1. The molecule has 2 bridgehead atoms. The topological polar surface area (TPSA) is 221 Å². The number of hydrogen-bond acceptors (Lipinski definition) is 14. The molecule has 11 atom stereocenters. The van der Waals surface area contributed by atoms with Gasteiger partial charge in [0.1, 0.15) is 23.9 Å². The summed E-state index contributed by atoms with van der Waals surface area (Å²) in [5.74, 6) is -6.92. The Morgan fingerprint density at radius 1 is 0.952 bits per heavy atom. The Labute approximate surface area is 365 Å². The van der Waals surface area contributed by atoms with Crippen LogP contribution >= 0.6 is 0 Å². The van der Waals surface area contributed by atoms with Gasteiger partial charge < -0.3 is 44.3 Å². The molecule has 336 valence electrons. The van der Waals surface area contributed by atoms with Crippen LogP contribution in [0.4, 0.5) is 0 Å². The third kappa shape index (κ3) is 8.07. The largest absolute Gasteiger partial charge is 0.456 e. The smallest absolute Gasteiger partial charge is 0.338 e. The van der Waals surface area contributed by atoms with Crippen LogP contribution in [0.5, 0.6) is 0 Å². The number of ether oxygens (including phenoxy) is 5. The van der Waals surface area contributed by atoms with Crippen LogP contribution < -0.4 is 5.32 Å². The molecule has 1 amide bonds. The number of amides is 1. The van der Waals surface area contributed by atoms with Gasteiger partial charge in [0, 0.05) is 37.7 Å². The fraction of sp³-hybridized carbons (Fsp3) is 0.458. The lowest BCUT2D eigenvalue weighted by atomic mass is 9.44. The number of rotatable bonds is 12. The van der Waals surface area contributed by atoms with Crippen molar-refractivity contribution >= 4 is 35.6 Å². The zero-order valence-corrected chi connectivity index (χ0v) is 36.4. The summed E-state index contributed by atoms with van der Waals surface area (Å²) < 4.78 is 30.3. The van der Waals surface area contributed by atoms with Crippen LogP contribution in [0.25, 0.3) is 0 Å². The van der Waals surface area contributed by atoms with Crippen molar-refractivity contribution in [2.45, 2.75) is 115 Å². The van der Waals surface area contributed by atoms with Gasteiger partial charge >= 0.3 is 23.9 Å². The molecule has 0 spiro atoms. The van der Waals surface area contributed by atoms with Gasteiger partial charge in [-0.3, -0.25) is 19.2 Å². The van der Waals surface area contributed by atoms with Gasteiger partial charge in [0.25, 0.3) is 5.91 Å². The second-order valence-electron chi connectivity index (χ2n) is 17.3. The zero-order valence-electron chi connectivity index (χ0n) is 36.4. The van der Waals surface area contributed by atoms with Crippen molar-refractivity contribution in [2.75, 3.05) is 6.61 Å².